The van der Waals surface area contributed by atoms with Crippen LogP contribution in [0.25, 0.3) is 10.8 Å². The Morgan fingerprint density at radius 3 is 2.28 bits per heavy atom. The van der Waals surface area contributed by atoms with Crippen molar-refractivity contribution < 1.29 is 19.1 Å². The minimum Gasteiger partial charge on any atom is -0.444 e. The molecule has 8 heteroatoms. The first-order chi connectivity index (χ1) is 20.5. The molecule has 232 valence electrons. The van der Waals surface area contributed by atoms with E-state index in [0.29, 0.717) is 30.0 Å². The van der Waals surface area contributed by atoms with E-state index >= 15 is 0 Å². The molecule has 0 spiro atoms. The fraction of sp³-hybridized carbons (Fsp3) is 0.457. The van der Waals surface area contributed by atoms with Gasteiger partial charge in [-0.1, -0.05) is 86.3 Å². The first-order valence-corrected chi connectivity index (χ1v) is 16.6. The lowest BCUT2D eigenvalue weighted by molar-refractivity contribution is -0.141. The molecule has 0 aliphatic carbocycles. The van der Waals surface area contributed by atoms with Crippen molar-refractivity contribution in [2.24, 2.45) is 0 Å². The Kier molecular flexibility index (Phi) is 12.9. The lowest BCUT2D eigenvalue weighted by Crippen LogP contribution is -2.52. The second kappa shape index (κ2) is 16.4. The molecular weight excluding hydrogens is 558 g/mol. The van der Waals surface area contributed by atoms with Crippen LogP contribution < -0.4 is 10.6 Å². The number of fused-ring (bicyclic) bond motifs is 1. The Bertz CT molecular complexity index is 1350. The summed E-state index contributed by atoms with van der Waals surface area (Å²) in [7, 11) is 0. The van der Waals surface area contributed by atoms with E-state index in [1.165, 1.54) is 0 Å². The molecule has 0 bridgehead atoms. The smallest absolute Gasteiger partial charge is 0.408 e. The largest absolute Gasteiger partial charge is 0.444 e. The fourth-order valence-corrected chi connectivity index (χ4v) is 5.39. The van der Waals surface area contributed by atoms with Crippen molar-refractivity contribution >= 4 is 46.1 Å². The minimum atomic E-state index is -0.890. The van der Waals surface area contributed by atoms with Gasteiger partial charge in [0.1, 0.15) is 17.7 Å². The van der Waals surface area contributed by atoms with E-state index in [1.54, 1.807) is 37.4 Å². The number of nitrogens with zero attached hydrogens (tertiary/aromatic N) is 1. The first kappa shape index (κ1) is 34.0. The SMILES string of the molecule is CCCCCCN(C(=O)C(CCSC)NC(=O)OC(C)(C)C)C(C(=O)Nc1ccc2ccccc2c1)c1ccc(C)cc1. The van der Waals surface area contributed by atoms with Gasteiger partial charge in [0.15, 0.2) is 0 Å². The number of carbonyl (C=O) groups excluding carboxylic acids is 3. The van der Waals surface area contributed by atoms with Crippen LogP contribution in [0.4, 0.5) is 10.5 Å². The molecule has 0 saturated carbocycles. The summed E-state index contributed by atoms with van der Waals surface area (Å²) in [5.41, 5.74) is 1.72. The Labute approximate surface area is 261 Å². The zero-order valence-corrected chi connectivity index (χ0v) is 27.3. The number of hydrogen-bond acceptors (Lipinski definition) is 5. The molecule has 7 nitrogen and oxygen atoms in total. The summed E-state index contributed by atoms with van der Waals surface area (Å²) in [5.74, 6) is 0.0634. The summed E-state index contributed by atoms with van der Waals surface area (Å²) in [6.07, 6.45) is 5.49. The van der Waals surface area contributed by atoms with Gasteiger partial charge in [0.2, 0.25) is 5.91 Å². The maximum atomic E-state index is 14.4. The number of thioether (sulfide) groups is 1. The van der Waals surface area contributed by atoms with Crippen LogP contribution in [0.3, 0.4) is 0 Å². The number of aryl methyl sites for hydroxylation is 1. The molecule has 2 N–H and O–H groups in total. The quantitative estimate of drug-likeness (QED) is 0.183. The Balaban J connectivity index is 2.01. The normalized spacial score (nSPS) is 12.8. The molecule has 3 aromatic rings. The van der Waals surface area contributed by atoms with E-state index < -0.39 is 23.8 Å². The molecule has 2 atom stereocenters. The minimum absolute atomic E-state index is 0.296. The third-order valence-corrected chi connectivity index (χ3v) is 7.75. The Hall–Kier alpha value is -3.52. The summed E-state index contributed by atoms with van der Waals surface area (Å²) < 4.78 is 5.50. The number of anilines is 1. The standard InChI is InChI=1S/C35H47N3O4S/c1-7-8-9-12-22-38(33(40)30(21-23-43-6)37-34(41)42-35(3,4)5)31(27-17-15-25(2)16-18-27)32(39)36-29-20-19-26-13-10-11-14-28(26)24-29/h10-11,13-20,24,30-31H,7-9,12,21-23H2,1-6H3,(H,36,39)(H,37,41). The van der Waals surface area contributed by atoms with E-state index in [-0.39, 0.29) is 11.8 Å². The third kappa shape index (κ3) is 10.6. The van der Waals surface area contributed by atoms with Gasteiger partial charge < -0.3 is 20.3 Å². The molecular formula is C35H47N3O4S. The number of hydrogen-bond donors (Lipinski definition) is 2. The highest BCUT2D eigenvalue weighted by molar-refractivity contribution is 7.98. The predicted molar refractivity (Wildman–Crippen MR) is 179 cm³/mol. The molecule has 0 radical (unpaired) electrons. The fourth-order valence-electron chi connectivity index (χ4n) is 4.92. The monoisotopic (exact) mass is 605 g/mol. The average Bonchev–Trinajstić information content (AvgIpc) is 2.96. The van der Waals surface area contributed by atoms with Gasteiger partial charge in [-0.25, -0.2) is 4.79 Å². The molecule has 3 amide bonds. The second-order valence-electron chi connectivity index (χ2n) is 11.9. The number of carbonyl (C=O) groups is 3. The number of alkyl carbamates (subject to hydrolysis) is 1. The van der Waals surface area contributed by atoms with E-state index in [4.69, 9.17) is 4.74 Å². The molecule has 43 heavy (non-hydrogen) atoms. The van der Waals surface area contributed by atoms with Crippen LogP contribution in [-0.4, -0.2) is 53.0 Å². The van der Waals surface area contributed by atoms with E-state index in [1.807, 2.05) is 79.9 Å². The molecule has 0 fully saturated rings. The zero-order valence-electron chi connectivity index (χ0n) is 26.4. The number of rotatable bonds is 14. The average molecular weight is 606 g/mol. The first-order valence-electron chi connectivity index (χ1n) is 15.2. The summed E-state index contributed by atoms with van der Waals surface area (Å²) in [4.78, 5) is 43.1. The van der Waals surface area contributed by atoms with Crippen molar-refractivity contribution in [3.8, 4) is 0 Å². The van der Waals surface area contributed by atoms with Crippen molar-refractivity contribution in [3.05, 3.63) is 77.9 Å². The summed E-state index contributed by atoms with van der Waals surface area (Å²) in [5, 5.41) is 8.00. The molecule has 0 aromatic heterocycles. The molecule has 0 heterocycles. The number of ether oxygens (including phenoxy) is 1. The lowest BCUT2D eigenvalue weighted by atomic mass is 10.00. The van der Waals surface area contributed by atoms with Crippen LogP contribution >= 0.6 is 11.8 Å². The van der Waals surface area contributed by atoms with Gasteiger partial charge in [0.25, 0.3) is 5.91 Å². The van der Waals surface area contributed by atoms with Crippen LogP contribution in [0, 0.1) is 6.92 Å². The summed E-state index contributed by atoms with van der Waals surface area (Å²) in [6.45, 7) is 9.87. The number of benzene rings is 3. The molecule has 0 aliphatic rings. The predicted octanol–water partition coefficient (Wildman–Crippen LogP) is 7.88. The molecule has 2 unspecified atom stereocenters. The van der Waals surface area contributed by atoms with Crippen LogP contribution in [-0.2, 0) is 14.3 Å². The second-order valence-corrected chi connectivity index (χ2v) is 12.9. The maximum absolute atomic E-state index is 14.4. The van der Waals surface area contributed by atoms with Crippen molar-refractivity contribution in [2.45, 2.75) is 84.4 Å². The topological polar surface area (TPSA) is 87.7 Å². The van der Waals surface area contributed by atoms with Crippen LogP contribution in [0.2, 0.25) is 0 Å². The van der Waals surface area contributed by atoms with Crippen molar-refractivity contribution in [2.75, 3.05) is 23.9 Å². The van der Waals surface area contributed by atoms with E-state index in [0.717, 1.165) is 42.0 Å². The van der Waals surface area contributed by atoms with Gasteiger partial charge in [0.05, 0.1) is 0 Å². The Morgan fingerprint density at radius 2 is 1.63 bits per heavy atom. The maximum Gasteiger partial charge on any atom is 0.408 e. The highest BCUT2D eigenvalue weighted by Crippen LogP contribution is 2.27. The number of unbranched alkanes of at least 4 members (excludes halogenated alkanes) is 3. The van der Waals surface area contributed by atoms with Gasteiger partial charge in [-0.05, 0) is 81.0 Å². The van der Waals surface area contributed by atoms with Gasteiger partial charge in [-0.3, -0.25) is 9.59 Å². The molecule has 3 rings (SSSR count). The molecule has 3 aromatic carbocycles. The van der Waals surface area contributed by atoms with Gasteiger partial charge in [0, 0.05) is 12.2 Å². The lowest BCUT2D eigenvalue weighted by Gasteiger charge is -2.34. The number of amides is 3. The van der Waals surface area contributed by atoms with Crippen LogP contribution in [0.1, 0.15) is 77.0 Å². The van der Waals surface area contributed by atoms with Crippen LogP contribution in [0.15, 0.2) is 66.7 Å². The van der Waals surface area contributed by atoms with Crippen molar-refractivity contribution in [3.63, 3.8) is 0 Å². The van der Waals surface area contributed by atoms with Gasteiger partial charge >= 0.3 is 6.09 Å². The summed E-state index contributed by atoms with van der Waals surface area (Å²) >= 11 is 1.60. The van der Waals surface area contributed by atoms with Gasteiger partial charge in [-0.15, -0.1) is 0 Å². The van der Waals surface area contributed by atoms with Crippen molar-refractivity contribution in [1.29, 1.82) is 0 Å². The highest BCUT2D eigenvalue weighted by atomic mass is 32.2. The van der Waals surface area contributed by atoms with Gasteiger partial charge in [-0.2, -0.15) is 11.8 Å². The van der Waals surface area contributed by atoms with E-state index in [9.17, 15) is 14.4 Å². The van der Waals surface area contributed by atoms with Crippen LogP contribution in [0.5, 0.6) is 0 Å². The van der Waals surface area contributed by atoms with Crippen molar-refractivity contribution in [1.82, 2.24) is 10.2 Å². The molecule has 0 saturated heterocycles. The number of nitrogens with one attached hydrogen (secondary N) is 2. The highest BCUT2D eigenvalue weighted by Gasteiger charge is 2.36. The third-order valence-electron chi connectivity index (χ3n) is 7.11. The van der Waals surface area contributed by atoms with E-state index in [2.05, 4.69) is 17.6 Å². The summed E-state index contributed by atoms with van der Waals surface area (Å²) in [6, 6.07) is 19.8. The Morgan fingerprint density at radius 1 is 0.930 bits per heavy atom. The zero-order chi connectivity index (χ0) is 31.4. The molecule has 0 aliphatic heterocycles.